The molecular weight excluding hydrogens is 220 g/mol. The van der Waals surface area contributed by atoms with Crippen molar-refractivity contribution in [3.05, 3.63) is 39.9 Å². The Labute approximate surface area is 99.9 Å². The molecule has 0 saturated heterocycles. The number of nitro benzene ring substituents is 1. The van der Waals surface area contributed by atoms with Crippen molar-refractivity contribution in [1.82, 2.24) is 10.6 Å². The highest BCUT2D eigenvalue weighted by atomic mass is 16.6. The Morgan fingerprint density at radius 2 is 2.29 bits per heavy atom. The third-order valence-electron chi connectivity index (χ3n) is 2.29. The molecule has 1 aromatic rings. The number of hydrogen-bond acceptors (Lipinski definition) is 3. The van der Waals surface area contributed by atoms with Gasteiger partial charge in [-0.05, 0) is 12.0 Å². The molecule has 0 unspecified atom stereocenters. The maximum absolute atomic E-state index is 10.6. The Bertz CT molecular complexity index is 418. The minimum absolute atomic E-state index is 0.125. The van der Waals surface area contributed by atoms with Crippen LogP contribution in [0.2, 0.25) is 0 Å². The molecule has 6 nitrogen and oxygen atoms in total. The Morgan fingerprint density at radius 3 is 2.88 bits per heavy atom. The highest BCUT2D eigenvalue weighted by molar-refractivity contribution is 5.79. The largest absolute Gasteiger partial charge is 0.359 e. The van der Waals surface area contributed by atoms with E-state index in [0.29, 0.717) is 18.9 Å². The van der Waals surface area contributed by atoms with E-state index in [1.165, 1.54) is 6.07 Å². The van der Waals surface area contributed by atoms with Gasteiger partial charge in [-0.25, -0.2) is 0 Å². The Morgan fingerprint density at radius 1 is 1.53 bits per heavy atom. The molecule has 6 heteroatoms. The van der Waals surface area contributed by atoms with Crippen molar-refractivity contribution in [2.24, 2.45) is 4.99 Å². The lowest BCUT2D eigenvalue weighted by atomic mass is 10.1. The van der Waals surface area contributed by atoms with Crippen molar-refractivity contribution in [2.75, 3.05) is 20.6 Å². The van der Waals surface area contributed by atoms with Crippen LogP contribution in [-0.4, -0.2) is 31.5 Å². The van der Waals surface area contributed by atoms with Crippen LogP contribution in [0.25, 0.3) is 0 Å². The predicted octanol–water partition coefficient (Wildman–Crippen LogP) is 0.932. The second-order valence-corrected chi connectivity index (χ2v) is 3.43. The normalized spacial score (nSPS) is 11.1. The van der Waals surface area contributed by atoms with E-state index in [-0.39, 0.29) is 10.6 Å². The van der Waals surface area contributed by atoms with Crippen molar-refractivity contribution >= 4 is 11.6 Å². The van der Waals surface area contributed by atoms with Gasteiger partial charge in [0.05, 0.1) is 4.92 Å². The summed E-state index contributed by atoms with van der Waals surface area (Å²) in [5.74, 6) is 0.704. The molecule has 2 N–H and O–H groups in total. The summed E-state index contributed by atoms with van der Waals surface area (Å²) in [6.45, 7) is 0.675. The monoisotopic (exact) mass is 236 g/mol. The third-order valence-corrected chi connectivity index (χ3v) is 2.29. The molecule has 0 bridgehead atoms. The average Bonchev–Trinajstić information content (AvgIpc) is 2.35. The fraction of sp³-hybridized carbons (Fsp3) is 0.364. The van der Waals surface area contributed by atoms with Crippen LogP contribution in [0.3, 0.4) is 0 Å². The first-order valence-corrected chi connectivity index (χ1v) is 5.29. The van der Waals surface area contributed by atoms with E-state index in [4.69, 9.17) is 0 Å². The number of rotatable bonds is 4. The SMILES string of the molecule is CN=C(NC)NCCc1cccc([N+](=O)[O-])c1. The molecule has 17 heavy (non-hydrogen) atoms. The smallest absolute Gasteiger partial charge is 0.269 e. The number of guanidine groups is 1. The lowest BCUT2D eigenvalue weighted by Crippen LogP contribution is -2.35. The van der Waals surface area contributed by atoms with E-state index < -0.39 is 0 Å². The van der Waals surface area contributed by atoms with E-state index in [1.54, 1.807) is 26.2 Å². The van der Waals surface area contributed by atoms with Crippen molar-refractivity contribution in [1.29, 1.82) is 0 Å². The second-order valence-electron chi connectivity index (χ2n) is 3.43. The zero-order chi connectivity index (χ0) is 12.7. The zero-order valence-corrected chi connectivity index (χ0v) is 9.93. The third kappa shape index (κ3) is 4.10. The summed E-state index contributed by atoms with van der Waals surface area (Å²) in [4.78, 5) is 14.2. The maximum Gasteiger partial charge on any atom is 0.269 e. The lowest BCUT2D eigenvalue weighted by Gasteiger charge is -2.08. The quantitative estimate of drug-likeness (QED) is 0.353. The van der Waals surface area contributed by atoms with Crippen LogP contribution >= 0.6 is 0 Å². The molecular formula is C11H16N4O2. The van der Waals surface area contributed by atoms with Gasteiger partial charge in [0.2, 0.25) is 0 Å². The van der Waals surface area contributed by atoms with Gasteiger partial charge in [-0.15, -0.1) is 0 Å². The zero-order valence-electron chi connectivity index (χ0n) is 9.93. The minimum Gasteiger partial charge on any atom is -0.359 e. The molecule has 0 aromatic heterocycles. The van der Waals surface area contributed by atoms with Crippen molar-refractivity contribution in [3.63, 3.8) is 0 Å². The molecule has 0 fully saturated rings. The van der Waals surface area contributed by atoms with Crippen LogP contribution in [0, 0.1) is 10.1 Å². The lowest BCUT2D eigenvalue weighted by molar-refractivity contribution is -0.384. The van der Waals surface area contributed by atoms with Gasteiger partial charge in [0.1, 0.15) is 0 Å². The summed E-state index contributed by atoms with van der Waals surface area (Å²) in [6.07, 6.45) is 0.711. The number of aliphatic imine (C=N–C) groups is 1. The highest BCUT2D eigenvalue weighted by Crippen LogP contribution is 2.12. The van der Waals surface area contributed by atoms with Gasteiger partial charge in [0.25, 0.3) is 5.69 Å². The summed E-state index contributed by atoms with van der Waals surface area (Å²) in [5, 5.41) is 16.6. The topological polar surface area (TPSA) is 79.6 Å². The van der Waals surface area contributed by atoms with Gasteiger partial charge in [0, 0.05) is 32.8 Å². The Balaban J connectivity index is 2.52. The molecule has 0 radical (unpaired) electrons. The summed E-state index contributed by atoms with van der Waals surface area (Å²) in [7, 11) is 3.47. The van der Waals surface area contributed by atoms with Gasteiger partial charge in [-0.3, -0.25) is 15.1 Å². The van der Waals surface area contributed by atoms with Gasteiger partial charge in [-0.1, -0.05) is 12.1 Å². The fourth-order valence-corrected chi connectivity index (χ4v) is 1.43. The van der Waals surface area contributed by atoms with Crippen molar-refractivity contribution < 1.29 is 4.92 Å². The van der Waals surface area contributed by atoms with Crippen LogP contribution in [0.5, 0.6) is 0 Å². The summed E-state index contributed by atoms with van der Waals surface area (Å²) >= 11 is 0. The molecule has 0 aliphatic heterocycles. The first-order valence-electron chi connectivity index (χ1n) is 5.29. The second kappa shape index (κ2) is 6.47. The predicted molar refractivity (Wildman–Crippen MR) is 67.2 cm³/mol. The Hall–Kier alpha value is -2.11. The Kier molecular flexibility index (Phi) is 4.93. The van der Waals surface area contributed by atoms with Crippen molar-refractivity contribution in [3.8, 4) is 0 Å². The molecule has 0 atom stereocenters. The molecule has 0 aliphatic carbocycles. The number of non-ortho nitro benzene ring substituents is 1. The van der Waals surface area contributed by atoms with Gasteiger partial charge in [0.15, 0.2) is 5.96 Å². The van der Waals surface area contributed by atoms with E-state index in [1.807, 2.05) is 6.07 Å². The van der Waals surface area contributed by atoms with Crippen LogP contribution in [0.4, 0.5) is 5.69 Å². The highest BCUT2D eigenvalue weighted by Gasteiger charge is 2.05. The number of benzene rings is 1. The standard InChI is InChI=1S/C11H16N4O2/c1-12-11(13-2)14-7-6-9-4-3-5-10(8-9)15(16)17/h3-5,8H,6-7H2,1-2H3,(H2,12,13,14). The van der Waals surface area contributed by atoms with E-state index in [0.717, 1.165) is 5.56 Å². The van der Waals surface area contributed by atoms with Crippen LogP contribution < -0.4 is 10.6 Å². The number of nitrogens with one attached hydrogen (secondary N) is 2. The molecule has 0 amide bonds. The molecule has 0 heterocycles. The van der Waals surface area contributed by atoms with Crippen LogP contribution in [0.15, 0.2) is 29.3 Å². The number of nitrogens with zero attached hydrogens (tertiary/aromatic N) is 2. The molecule has 0 aliphatic rings. The average molecular weight is 236 g/mol. The maximum atomic E-state index is 10.6. The molecule has 1 rings (SSSR count). The summed E-state index contributed by atoms with van der Waals surface area (Å²) < 4.78 is 0. The number of nitro groups is 1. The van der Waals surface area contributed by atoms with E-state index in [9.17, 15) is 10.1 Å². The van der Waals surface area contributed by atoms with Gasteiger partial charge < -0.3 is 10.6 Å². The van der Waals surface area contributed by atoms with Gasteiger partial charge >= 0.3 is 0 Å². The van der Waals surface area contributed by atoms with Crippen molar-refractivity contribution in [2.45, 2.75) is 6.42 Å². The molecule has 1 aromatic carbocycles. The summed E-state index contributed by atoms with van der Waals surface area (Å²) in [5.41, 5.74) is 1.05. The van der Waals surface area contributed by atoms with Gasteiger partial charge in [-0.2, -0.15) is 0 Å². The molecule has 0 spiro atoms. The fourth-order valence-electron chi connectivity index (χ4n) is 1.43. The van der Waals surface area contributed by atoms with Crippen LogP contribution in [0.1, 0.15) is 5.56 Å². The summed E-state index contributed by atoms with van der Waals surface area (Å²) in [6, 6.07) is 6.64. The van der Waals surface area contributed by atoms with E-state index in [2.05, 4.69) is 15.6 Å². The first-order chi connectivity index (χ1) is 8.17. The van der Waals surface area contributed by atoms with E-state index >= 15 is 0 Å². The molecule has 0 saturated carbocycles. The first kappa shape index (κ1) is 13.0. The molecule has 92 valence electrons. The minimum atomic E-state index is -0.385. The number of hydrogen-bond donors (Lipinski definition) is 2. The van der Waals surface area contributed by atoms with Crippen LogP contribution in [-0.2, 0) is 6.42 Å².